The Balaban J connectivity index is 1.65. The molecule has 0 bridgehead atoms. The van der Waals surface area contributed by atoms with Gasteiger partial charge in [-0.15, -0.1) is 0 Å². The number of amides is 1. The number of fused-ring (bicyclic) bond motifs is 2. The van der Waals surface area contributed by atoms with Gasteiger partial charge in [0.05, 0.1) is 30.4 Å². The van der Waals surface area contributed by atoms with E-state index in [1.165, 1.54) is 18.4 Å². The number of aromatic nitrogens is 1. The van der Waals surface area contributed by atoms with Crippen LogP contribution in [0, 0.1) is 0 Å². The van der Waals surface area contributed by atoms with E-state index in [1.54, 1.807) is 24.3 Å². The molecule has 0 aliphatic carbocycles. The second-order valence-corrected chi connectivity index (χ2v) is 8.19. The van der Waals surface area contributed by atoms with Crippen LogP contribution in [-0.2, 0) is 16.1 Å². The highest BCUT2D eigenvalue weighted by Crippen LogP contribution is 2.37. The Morgan fingerprint density at radius 3 is 2.62 bits per heavy atom. The number of carbonyl (C=O) groups is 2. The number of benzene rings is 2. The first-order chi connectivity index (χ1) is 15.6. The molecule has 4 rings (SSSR count). The summed E-state index contributed by atoms with van der Waals surface area (Å²) in [6.45, 7) is 3.24. The van der Waals surface area contributed by atoms with E-state index >= 15 is 0 Å². The third-order valence-electron chi connectivity index (χ3n) is 5.01. The molecule has 0 fully saturated rings. The van der Waals surface area contributed by atoms with E-state index in [-0.39, 0.29) is 25.1 Å². The minimum Gasteiger partial charge on any atom is -0.494 e. The zero-order chi connectivity index (χ0) is 22.5. The monoisotopic (exact) mass is 456 g/mol. The summed E-state index contributed by atoms with van der Waals surface area (Å²) in [5.41, 5.74) is 1.27. The molecule has 0 radical (unpaired) electrons. The smallest absolute Gasteiger partial charge is 0.307 e. The molecule has 8 nitrogen and oxygen atoms in total. The van der Waals surface area contributed by atoms with Crippen molar-refractivity contribution in [2.45, 2.75) is 32.7 Å². The predicted octanol–water partition coefficient (Wildman–Crippen LogP) is 3.91. The number of esters is 1. The highest BCUT2D eigenvalue weighted by Gasteiger charge is 2.18. The Hall–Kier alpha value is -3.33. The van der Waals surface area contributed by atoms with Crippen LogP contribution in [0.5, 0.6) is 17.2 Å². The van der Waals surface area contributed by atoms with Crippen LogP contribution in [0.3, 0.4) is 0 Å². The number of hydrogen-bond donors (Lipinski definition) is 0. The fourth-order valence-corrected chi connectivity index (χ4v) is 4.31. The van der Waals surface area contributed by atoms with Gasteiger partial charge in [0, 0.05) is 24.2 Å². The van der Waals surface area contributed by atoms with Gasteiger partial charge in [-0.1, -0.05) is 24.7 Å². The zero-order valence-corrected chi connectivity index (χ0v) is 18.8. The number of hydrogen-bond acceptors (Lipinski definition) is 7. The molecule has 168 valence electrons. The van der Waals surface area contributed by atoms with Crippen molar-refractivity contribution in [3.8, 4) is 17.2 Å². The van der Waals surface area contributed by atoms with Gasteiger partial charge in [-0.25, -0.2) is 0 Å². The Labute approximate surface area is 189 Å². The summed E-state index contributed by atoms with van der Waals surface area (Å²) >= 11 is 1.35. The predicted molar refractivity (Wildman–Crippen MR) is 119 cm³/mol. The quantitative estimate of drug-likeness (QED) is 0.377. The molecule has 0 spiro atoms. The van der Waals surface area contributed by atoms with E-state index in [2.05, 4.69) is 11.9 Å². The Morgan fingerprint density at radius 2 is 1.91 bits per heavy atom. The van der Waals surface area contributed by atoms with Crippen LogP contribution in [0.15, 0.2) is 41.4 Å². The van der Waals surface area contributed by atoms with Crippen molar-refractivity contribution in [2.75, 3.05) is 20.5 Å². The van der Waals surface area contributed by atoms with Crippen molar-refractivity contribution in [1.29, 1.82) is 0 Å². The van der Waals surface area contributed by atoms with Crippen LogP contribution in [0.2, 0.25) is 0 Å². The highest BCUT2D eigenvalue weighted by molar-refractivity contribution is 7.16. The molecule has 9 heteroatoms. The Morgan fingerprint density at radius 1 is 1.16 bits per heavy atom. The number of thiazole rings is 1. The zero-order valence-electron chi connectivity index (χ0n) is 18.0. The number of rotatable bonds is 8. The molecule has 0 saturated heterocycles. The lowest BCUT2D eigenvalue weighted by molar-refractivity contribution is -0.140. The number of unbranched alkanes of at least 4 members (excludes halogenated alkanes) is 1. The van der Waals surface area contributed by atoms with E-state index in [9.17, 15) is 9.59 Å². The van der Waals surface area contributed by atoms with Gasteiger partial charge in [0.2, 0.25) is 6.79 Å². The van der Waals surface area contributed by atoms with E-state index in [0.29, 0.717) is 35.0 Å². The summed E-state index contributed by atoms with van der Waals surface area (Å²) in [5, 5.41) is 0. The maximum atomic E-state index is 12.9. The van der Waals surface area contributed by atoms with Gasteiger partial charge in [0.25, 0.3) is 5.91 Å². The van der Waals surface area contributed by atoms with Gasteiger partial charge in [-0.2, -0.15) is 4.99 Å². The summed E-state index contributed by atoms with van der Waals surface area (Å²) in [5.74, 6) is 1.28. The van der Waals surface area contributed by atoms with E-state index in [0.717, 1.165) is 28.8 Å². The molecule has 0 atom stereocenters. The van der Waals surface area contributed by atoms with Crippen molar-refractivity contribution in [3.05, 3.63) is 46.8 Å². The van der Waals surface area contributed by atoms with Gasteiger partial charge in [-0.3, -0.25) is 9.59 Å². The standard InChI is InChI=1S/C23H24N2O6S/c1-3-4-11-29-16-7-5-15(6-8-16)22(27)24-23-25(10-9-21(26)28-2)17-12-18-19(31-14-30-18)13-20(17)32-23/h5-8,12-13H,3-4,9-11,14H2,1-2H3. The number of aryl methyl sites for hydroxylation is 1. The van der Waals surface area contributed by atoms with Crippen LogP contribution in [0.4, 0.5) is 0 Å². The molecular formula is C23H24N2O6S. The molecule has 1 aliphatic rings. The first-order valence-electron chi connectivity index (χ1n) is 10.4. The molecule has 1 aliphatic heterocycles. The SMILES string of the molecule is CCCCOc1ccc(C(=O)N=c2sc3cc4c(cc3n2CCC(=O)OC)OCO4)cc1. The molecular weight excluding hydrogens is 432 g/mol. The average molecular weight is 457 g/mol. The van der Waals surface area contributed by atoms with Crippen LogP contribution < -0.4 is 19.0 Å². The molecule has 2 heterocycles. The van der Waals surface area contributed by atoms with Crippen molar-refractivity contribution in [3.63, 3.8) is 0 Å². The number of methoxy groups -OCH3 is 1. The summed E-state index contributed by atoms with van der Waals surface area (Å²) in [4.78, 5) is 29.4. The lowest BCUT2D eigenvalue weighted by atomic mass is 10.2. The molecule has 0 unspecified atom stereocenters. The van der Waals surface area contributed by atoms with E-state index < -0.39 is 0 Å². The minimum atomic E-state index is -0.372. The second kappa shape index (κ2) is 9.86. The topological polar surface area (TPSA) is 88.4 Å². The van der Waals surface area contributed by atoms with Gasteiger partial charge < -0.3 is 23.5 Å². The van der Waals surface area contributed by atoms with Gasteiger partial charge in [0.1, 0.15) is 5.75 Å². The van der Waals surface area contributed by atoms with Gasteiger partial charge in [0.15, 0.2) is 16.3 Å². The van der Waals surface area contributed by atoms with Crippen molar-refractivity contribution < 1.29 is 28.5 Å². The molecule has 0 saturated carbocycles. The Bertz CT molecular complexity index is 1200. The summed E-state index contributed by atoms with van der Waals surface area (Å²) < 4.78 is 24.1. The summed E-state index contributed by atoms with van der Waals surface area (Å²) in [6.07, 6.45) is 2.19. The second-order valence-electron chi connectivity index (χ2n) is 7.18. The van der Waals surface area contributed by atoms with Crippen molar-refractivity contribution >= 4 is 33.4 Å². The fourth-order valence-electron chi connectivity index (χ4n) is 3.25. The lowest BCUT2D eigenvalue weighted by Crippen LogP contribution is -2.19. The molecule has 3 aromatic rings. The maximum Gasteiger partial charge on any atom is 0.307 e. The lowest BCUT2D eigenvalue weighted by Gasteiger charge is -2.06. The van der Waals surface area contributed by atoms with Crippen LogP contribution >= 0.6 is 11.3 Å². The number of nitrogens with zero attached hydrogens (tertiary/aromatic N) is 2. The third-order valence-corrected chi connectivity index (χ3v) is 6.05. The molecule has 1 aromatic heterocycles. The third kappa shape index (κ3) is 4.77. The van der Waals surface area contributed by atoms with Gasteiger partial charge >= 0.3 is 5.97 Å². The molecule has 32 heavy (non-hydrogen) atoms. The summed E-state index contributed by atoms with van der Waals surface area (Å²) in [7, 11) is 1.35. The average Bonchev–Trinajstić information content (AvgIpc) is 3.39. The molecule has 0 N–H and O–H groups in total. The largest absolute Gasteiger partial charge is 0.494 e. The normalized spacial score (nSPS) is 12.9. The van der Waals surface area contributed by atoms with Crippen molar-refractivity contribution in [1.82, 2.24) is 4.57 Å². The van der Waals surface area contributed by atoms with Crippen LogP contribution in [0.1, 0.15) is 36.5 Å². The Kier molecular flexibility index (Phi) is 6.75. The first-order valence-corrected chi connectivity index (χ1v) is 11.2. The van der Waals surface area contributed by atoms with E-state index in [1.807, 2.05) is 16.7 Å². The fraction of sp³-hybridized carbons (Fsp3) is 0.348. The number of carbonyl (C=O) groups excluding carboxylic acids is 2. The van der Waals surface area contributed by atoms with Gasteiger partial charge in [-0.05, 0) is 30.7 Å². The highest BCUT2D eigenvalue weighted by atomic mass is 32.1. The maximum absolute atomic E-state index is 12.9. The summed E-state index contributed by atoms with van der Waals surface area (Å²) in [6, 6.07) is 10.7. The van der Waals surface area contributed by atoms with Crippen LogP contribution in [0.25, 0.3) is 10.2 Å². The minimum absolute atomic E-state index is 0.155. The molecule has 1 amide bonds. The number of ether oxygens (including phenoxy) is 4. The van der Waals surface area contributed by atoms with Crippen molar-refractivity contribution in [2.24, 2.45) is 4.99 Å². The first kappa shape index (κ1) is 21.9. The van der Waals surface area contributed by atoms with Crippen LogP contribution in [-0.4, -0.2) is 37.0 Å². The molecule has 2 aromatic carbocycles. The van der Waals surface area contributed by atoms with E-state index in [4.69, 9.17) is 18.9 Å².